The van der Waals surface area contributed by atoms with Crippen LogP contribution in [0.15, 0.2) is 30.3 Å². The van der Waals surface area contributed by atoms with Gasteiger partial charge in [-0.2, -0.15) is 0 Å². The van der Waals surface area contributed by atoms with Crippen LogP contribution in [0, 0.1) is 0 Å². The molecule has 0 unspecified atom stereocenters. The molecule has 0 atom stereocenters. The third-order valence-electron chi connectivity index (χ3n) is 2.21. The van der Waals surface area contributed by atoms with Gasteiger partial charge in [0.25, 0.3) is 0 Å². The van der Waals surface area contributed by atoms with Crippen molar-refractivity contribution in [3.8, 4) is 0 Å². The molecule has 0 aliphatic carbocycles. The molecule has 2 amide bonds. The quantitative estimate of drug-likeness (QED) is 0.803. The Kier molecular flexibility index (Phi) is 5.69. The Balaban J connectivity index is 2.54. The Morgan fingerprint density at radius 1 is 1.05 bits per heavy atom. The average Bonchev–Trinajstić information content (AvgIpc) is 2.26. The number of para-hydroxylation sites is 1. The number of amides is 2. The third-order valence-corrected chi connectivity index (χ3v) is 3.61. The van der Waals surface area contributed by atoms with Gasteiger partial charge in [0.15, 0.2) is 9.84 Å². The first-order valence-corrected chi connectivity index (χ1v) is 7.95. The highest BCUT2D eigenvalue weighted by Crippen LogP contribution is 2.05. The molecule has 0 aliphatic rings. The van der Waals surface area contributed by atoms with Gasteiger partial charge in [-0.1, -0.05) is 18.2 Å². The fourth-order valence-electron chi connectivity index (χ4n) is 1.53. The second-order valence-electron chi connectivity index (χ2n) is 4.67. The Morgan fingerprint density at radius 3 is 2.15 bits per heavy atom. The second kappa shape index (κ2) is 7.04. The number of carbonyl (C=O) groups excluding carboxylic acids is 2. The van der Waals surface area contributed by atoms with Crippen LogP contribution in [0.2, 0.25) is 0 Å². The molecule has 0 saturated heterocycles. The summed E-state index contributed by atoms with van der Waals surface area (Å²) in [6, 6.07) is 8.38. The molecule has 1 aromatic carbocycles. The first-order chi connectivity index (χ1) is 9.28. The standard InChI is InChI=1S/C13H18N2O4S/c1-10(2)14-12(16)8-20(18,19)9-13(17)15-11-6-4-3-5-7-11/h3-7,10H,8-9H2,1-2H3,(H,14,16)(H,15,17). The van der Waals surface area contributed by atoms with Crippen LogP contribution in [0.5, 0.6) is 0 Å². The number of rotatable bonds is 6. The summed E-state index contributed by atoms with van der Waals surface area (Å²) in [6.07, 6.45) is 0. The number of anilines is 1. The largest absolute Gasteiger partial charge is 0.353 e. The number of nitrogens with one attached hydrogen (secondary N) is 2. The van der Waals surface area contributed by atoms with Gasteiger partial charge in [-0.05, 0) is 26.0 Å². The number of carbonyl (C=O) groups is 2. The maximum absolute atomic E-state index is 11.7. The van der Waals surface area contributed by atoms with E-state index in [0.29, 0.717) is 5.69 Å². The van der Waals surface area contributed by atoms with E-state index in [2.05, 4.69) is 10.6 Å². The molecule has 0 bridgehead atoms. The highest BCUT2D eigenvalue weighted by Gasteiger charge is 2.21. The van der Waals surface area contributed by atoms with E-state index >= 15 is 0 Å². The zero-order chi connectivity index (χ0) is 15.2. The van der Waals surface area contributed by atoms with Crippen molar-refractivity contribution < 1.29 is 18.0 Å². The van der Waals surface area contributed by atoms with Crippen LogP contribution in [0.4, 0.5) is 5.69 Å². The van der Waals surface area contributed by atoms with Gasteiger partial charge >= 0.3 is 0 Å². The maximum atomic E-state index is 11.7. The summed E-state index contributed by atoms with van der Waals surface area (Å²) in [5.74, 6) is -2.66. The van der Waals surface area contributed by atoms with Gasteiger partial charge in [0.1, 0.15) is 11.5 Å². The molecule has 0 aliphatic heterocycles. The topological polar surface area (TPSA) is 92.3 Å². The van der Waals surface area contributed by atoms with Gasteiger partial charge in [-0.15, -0.1) is 0 Å². The van der Waals surface area contributed by atoms with Crippen LogP contribution in [0.25, 0.3) is 0 Å². The number of hydrogen-bond acceptors (Lipinski definition) is 4. The van der Waals surface area contributed by atoms with Crippen LogP contribution in [0.1, 0.15) is 13.8 Å². The van der Waals surface area contributed by atoms with E-state index in [9.17, 15) is 18.0 Å². The SMILES string of the molecule is CC(C)NC(=O)CS(=O)(=O)CC(=O)Nc1ccccc1. The van der Waals surface area contributed by atoms with Crippen LogP contribution < -0.4 is 10.6 Å². The van der Waals surface area contributed by atoms with E-state index in [1.807, 2.05) is 0 Å². The predicted octanol–water partition coefficient (Wildman–Crippen LogP) is 0.565. The molecule has 2 N–H and O–H groups in total. The number of hydrogen-bond donors (Lipinski definition) is 2. The summed E-state index contributed by atoms with van der Waals surface area (Å²) in [4.78, 5) is 23.0. The van der Waals surface area contributed by atoms with E-state index in [-0.39, 0.29) is 6.04 Å². The van der Waals surface area contributed by atoms with E-state index < -0.39 is 33.2 Å². The normalized spacial score (nSPS) is 11.2. The van der Waals surface area contributed by atoms with Crippen LogP contribution in [-0.2, 0) is 19.4 Å². The molecule has 1 rings (SSSR count). The van der Waals surface area contributed by atoms with Gasteiger partial charge in [-0.25, -0.2) is 8.42 Å². The molecule has 0 radical (unpaired) electrons. The zero-order valence-electron chi connectivity index (χ0n) is 11.4. The lowest BCUT2D eigenvalue weighted by atomic mass is 10.3. The number of sulfone groups is 1. The first-order valence-electron chi connectivity index (χ1n) is 6.13. The lowest BCUT2D eigenvalue weighted by Gasteiger charge is -2.09. The molecule has 110 valence electrons. The van der Waals surface area contributed by atoms with E-state index in [0.717, 1.165) is 0 Å². The lowest BCUT2D eigenvalue weighted by Crippen LogP contribution is -2.37. The summed E-state index contributed by atoms with van der Waals surface area (Å²) in [6.45, 7) is 3.46. The molecule has 6 nitrogen and oxygen atoms in total. The smallest absolute Gasteiger partial charge is 0.239 e. The predicted molar refractivity (Wildman–Crippen MR) is 77.0 cm³/mol. The van der Waals surface area contributed by atoms with Gasteiger partial charge in [0.05, 0.1) is 0 Å². The number of benzene rings is 1. The summed E-state index contributed by atoms with van der Waals surface area (Å²) in [7, 11) is -3.77. The van der Waals surface area contributed by atoms with Crippen LogP contribution in [0.3, 0.4) is 0 Å². The first kappa shape index (κ1) is 16.2. The fourth-order valence-corrected chi connectivity index (χ4v) is 2.59. The Labute approximate surface area is 118 Å². The molecule has 1 aromatic rings. The third kappa shape index (κ3) is 6.33. The van der Waals surface area contributed by atoms with Gasteiger partial charge in [0, 0.05) is 11.7 Å². The minimum atomic E-state index is -3.77. The van der Waals surface area contributed by atoms with Crippen molar-refractivity contribution >= 4 is 27.3 Å². The van der Waals surface area contributed by atoms with Gasteiger partial charge in [-0.3, -0.25) is 9.59 Å². The highest BCUT2D eigenvalue weighted by atomic mass is 32.2. The molecular weight excluding hydrogens is 280 g/mol. The average molecular weight is 298 g/mol. The molecular formula is C13H18N2O4S. The molecule has 0 fully saturated rings. The molecule has 0 spiro atoms. The summed E-state index contributed by atoms with van der Waals surface area (Å²) >= 11 is 0. The summed E-state index contributed by atoms with van der Waals surface area (Å²) in [5, 5.41) is 4.93. The Hall–Kier alpha value is -1.89. The lowest BCUT2D eigenvalue weighted by molar-refractivity contribution is -0.119. The van der Waals surface area contributed by atoms with E-state index in [1.165, 1.54) is 0 Å². The van der Waals surface area contributed by atoms with Crippen molar-refractivity contribution in [2.45, 2.75) is 19.9 Å². The van der Waals surface area contributed by atoms with E-state index in [4.69, 9.17) is 0 Å². The Bertz CT molecular complexity index is 567. The minimum absolute atomic E-state index is 0.143. The van der Waals surface area contributed by atoms with Crippen LogP contribution in [-0.4, -0.2) is 37.8 Å². The van der Waals surface area contributed by atoms with Crippen molar-refractivity contribution in [2.24, 2.45) is 0 Å². The van der Waals surface area contributed by atoms with Gasteiger partial charge in [0.2, 0.25) is 11.8 Å². The van der Waals surface area contributed by atoms with Crippen molar-refractivity contribution in [2.75, 3.05) is 16.8 Å². The fraction of sp³-hybridized carbons (Fsp3) is 0.385. The molecule has 20 heavy (non-hydrogen) atoms. The van der Waals surface area contributed by atoms with Crippen molar-refractivity contribution in [1.29, 1.82) is 0 Å². The second-order valence-corrected chi connectivity index (χ2v) is 6.73. The maximum Gasteiger partial charge on any atom is 0.239 e. The van der Waals surface area contributed by atoms with Crippen molar-refractivity contribution in [1.82, 2.24) is 5.32 Å². The minimum Gasteiger partial charge on any atom is -0.353 e. The van der Waals surface area contributed by atoms with Crippen LogP contribution >= 0.6 is 0 Å². The molecule has 0 aromatic heterocycles. The monoisotopic (exact) mass is 298 g/mol. The van der Waals surface area contributed by atoms with Gasteiger partial charge < -0.3 is 10.6 Å². The summed E-state index contributed by atoms with van der Waals surface area (Å²) in [5.41, 5.74) is 0.513. The highest BCUT2D eigenvalue weighted by molar-refractivity contribution is 7.92. The molecule has 0 saturated carbocycles. The molecule has 7 heteroatoms. The van der Waals surface area contributed by atoms with Crippen molar-refractivity contribution in [3.63, 3.8) is 0 Å². The van der Waals surface area contributed by atoms with Crippen molar-refractivity contribution in [3.05, 3.63) is 30.3 Å². The summed E-state index contributed by atoms with van der Waals surface area (Å²) < 4.78 is 23.4. The molecule has 0 heterocycles. The Morgan fingerprint density at radius 2 is 1.60 bits per heavy atom. The van der Waals surface area contributed by atoms with E-state index in [1.54, 1.807) is 44.2 Å². The zero-order valence-corrected chi connectivity index (χ0v) is 12.2.